The summed E-state index contributed by atoms with van der Waals surface area (Å²) < 4.78 is 42.6. The number of carbonyl (C=O) groups excluding carboxylic acids is 1. The highest BCUT2D eigenvalue weighted by atomic mass is 32.2. The number of sulfone groups is 1. The summed E-state index contributed by atoms with van der Waals surface area (Å²) in [6.45, 7) is 2.35. The van der Waals surface area contributed by atoms with Crippen LogP contribution in [-0.4, -0.2) is 43.3 Å². The molecule has 7 nitrogen and oxygen atoms in total. The third-order valence-electron chi connectivity index (χ3n) is 4.31. The number of amides is 2. The average Bonchev–Trinajstić information content (AvgIpc) is 3.23. The van der Waals surface area contributed by atoms with Gasteiger partial charge < -0.3 is 14.7 Å². The number of nitrogens with one attached hydrogen (secondary N) is 1. The largest absolute Gasteiger partial charge is 0.359 e. The molecule has 1 aliphatic rings. The number of benzene rings is 1. The van der Waals surface area contributed by atoms with Crippen LogP contribution in [0.15, 0.2) is 39.8 Å². The summed E-state index contributed by atoms with van der Waals surface area (Å²) in [5, 5.41) is 6.49. The lowest BCUT2D eigenvalue weighted by atomic mass is 10.1. The van der Waals surface area contributed by atoms with E-state index in [0.717, 1.165) is 30.7 Å². The molecule has 2 aromatic rings. The van der Waals surface area contributed by atoms with Crippen molar-refractivity contribution in [1.29, 1.82) is 0 Å². The number of aryl methyl sites for hydroxylation is 1. The Kier molecular flexibility index (Phi) is 5.26. The molecule has 140 valence electrons. The number of hydrogen-bond donors (Lipinski definition) is 1. The standard InChI is InChI=1S/C17H20FN3O4S/c1-12-11-16(25-20-12)15-3-2-9-21(15)17(22)19-8-10-26(23,24)14-6-4-13(18)5-7-14/h4-7,11,15H,2-3,8-10H2,1H3,(H,19,22)/t15-/m1/s1. The van der Waals surface area contributed by atoms with Gasteiger partial charge in [-0.05, 0) is 44.0 Å². The van der Waals surface area contributed by atoms with Crippen molar-refractivity contribution in [3.8, 4) is 0 Å². The van der Waals surface area contributed by atoms with Crippen LogP contribution in [0.1, 0.15) is 30.3 Å². The molecule has 1 aromatic heterocycles. The summed E-state index contributed by atoms with van der Waals surface area (Å²) in [6.07, 6.45) is 1.61. The van der Waals surface area contributed by atoms with Crippen LogP contribution in [0, 0.1) is 12.7 Å². The van der Waals surface area contributed by atoms with Crippen LogP contribution in [0.25, 0.3) is 0 Å². The van der Waals surface area contributed by atoms with Gasteiger partial charge in [-0.3, -0.25) is 0 Å². The van der Waals surface area contributed by atoms with Crippen LogP contribution >= 0.6 is 0 Å². The Morgan fingerprint density at radius 3 is 2.77 bits per heavy atom. The molecule has 0 bridgehead atoms. The zero-order chi connectivity index (χ0) is 18.7. The average molecular weight is 381 g/mol. The lowest BCUT2D eigenvalue weighted by molar-refractivity contribution is 0.183. The van der Waals surface area contributed by atoms with Crippen LogP contribution < -0.4 is 5.32 Å². The summed E-state index contributed by atoms with van der Waals surface area (Å²) in [4.78, 5) is 14.1. The van der Waals surface area contributed by atoms with E-state index in [1.54, 1.807) is 11.0 Å². The molecule has 0 aliphatic carbocycles. The van der Waals surface area contributed by atoms with E-state index in [4.69, 9.17) is 4.52 Å². The first-order valence-electron chi connectivity index (χ1n) is 8.33. The number of carbonyl (C=O) groups is 1. The highest BCUT2D eigenvalue weighted by Crippen LogP contribution is 2.32. The topological polar surface area (TPSA) is 92.5 Å². The number of likely N-dealkylation sites (tertiary alicyclic amines) is 1. The molecule has 0 saturated carbocycles. The SMILES string of the molecule is Cc1cc([C@H]2CCCN2C(=O)NCCS(=O)(=O)c2ccc(F)cc2)on1. The maximum absolute atomic E-state index is 12.9. The van der Waals surface area contributed by atoms with E-state index in [9.17, 15) is 17.6 Å². The summed E-state index contributed by atoms with van der Waals surface area (Å²) in [7, 11) is -3.59. The zero-order valence-electron chi connectivity index (χ0n) is 14.3. The molecule has 0 unspecified atom stereocenters. The van der Waals surface area contributed by atoms with Crippen molar-refractivity contribution >= 4 is 15.9 Å². The molecule has 1 N–H and O–H groups in total. The van der Waals surface area contributed by atoms with E-state index in [1.165, 1.54) is 12.1 Å². The third kappa shape index (κ3) is 4.04. The Morgan fingerprint density at radius 1 is 1.38 bits per heavy atom. The van der Waals surface area contributed by atoms with Crippen molar-refractivity contribution in [2.24, 2.45) is 0 Å². The molecule has 0 spiro atoms. The van der Waals surface area contributed by atoms with Crippen molar-refractivity contribution in [2.45, 2.75) is 30.7 Å². The van der Waals surface area contributed by atoms with Gasteiger partial charge in [-0.15, -0.1) is 0 Å². The van der Waals surface area contributed by atoms with Gasteiger partial charge in [-0.1, -0.05) is 5.16 Å². The molecule has 1 aliphatic heterocycles. The van der Waals surface area contributed by atoms with Gasteiger partial charge in [0.2, 0.25) is 0 Å². The third-order valence-corrected chi connectivity index (χ3v) is 6.04. The number of aromatic nitrogens is 1. The predicted octanol–water partition coefficient (Wildman–Crippen LogP) is 2.44. The van der Waals surface area contributed by atoms with E-state index in [1.807, 2.05) is 6.92 Å². The summed E-state index contributed by atoms with van der Waals surface area (Å²) in [5.41, 5.74) is 0.748. The molecule has 26 heavy (non-hydrogen) atoms. The molecule has 1 atom stereocenters. The van der Waals surface area contributed by atoms with Crippen LogP contribution in [0.2, 0.25) is 0 Å². The van der Waals surface area contributed by atoms with Crippen LogP contribution in [0.5, 0.6) is 0 Å². The first-order valence-corrected chi connectivity index (χ1v) is 9.98. The van der Waals surface area contributed by atoms with Gasteiger partial charge in [-0.2, -0.15) is 0 Å². The van der Waals surface area contributed by atoms with Gasteiger partial charge in [0.1, 0.15) is 5.82 Å². The van der Waals surface area contributed by atoms with Crippen molar-refractivity contribution in [3.63, 3.8) is 0 Å². The minimum absolute atomic E-state index is 0.0306. The first kappa shape index (κ1) is 18.4. The highest BCUT2D eigenvalue weighted by Gasteiger charge is 2.32. The molecule has 1 saturated heterocycles. The molecule has 3 rings (SSSR count). The van der Waals surface area contributed by atoms with E-state index in [2.05, 4.69) is 10.5 Å². The normalized spacial score (nSPS) is 17.5. The molecule has 1 aromatic carbocycles. The summed E-state index contributed by atoms with van der Waals surface area (Å²) in [5.74, 6) is -0.126. The van der Waals surface area contributed by atoms with E-state index >= 15 is 0 Å². The van der Waals surface area contributed by atoms with Crippen molar-refractivity contribution < 1.29 is 22.1 Å². The van der Waals surface area contributed by atoms with Crippen molar-refractivity contribution in [1.82, 2.24) is 15.4 Å². The van der Waals surface area contributed by atoms with Gasteiger partial charge in [0, 0.05) is 19.2 Å². The second-order valence-electron chi connectivity index (χ2n) is 6.23. The Bertz CT molecular complexity index is 880. The fourth-order valence-corrected chi connectivity index (χ4v) is 4.16. The lowest BCUT2D eigenvalue weighted by Gasteiger charge is -2.23. The minimum Gasteiger partial charge on any atom is -0.359 e. The Labute approximate surface area is 151 Å². The zero-order valence-corrected chi connectivity index (χ0v) is 15.1. The van der Waals surface area contributed by atoms with E-state index in [-0.39, 0.29) is 29.3 Å². The lowest BCUT2D eigenvalue weighted by Crippen LogP contribution is -2.41. The number of urea groups is 1. The smallest absolute Gasteiger partial charge is 0.318 e. The maximum Gasteiger partial charge on any atom is 0.318 e. The summed E-state index contributed by atoms with van der Waals surface area (Å²) >= 11 is 0. The van der Waals surface area contributed by atoms with Gasteiger partial charge in [-0.25, -0.2) is 17.6 Å². The van der Waals surface area contributed by atoms with Crippen molar-refractivity contribution in [3.05, 3.63) is 47.6 Å². The molecule has 9 heteroatoms. The van der Waals surface area contributed by atoms with E-state index in [0.29, 0.717) is 12.3 Å². The van der Waals surface area contributed by atoms with Crippen LogP contribution in [0.3, 0.4) is 0 Å². The minimum atomic E-state index is -3.59. The number of halogens is 1. The monoisotopic (exact) mass is 381 g/mol. The fourth-order valence-electron chi connectivity index (χ4n) is 3.00. The second-order valence-corrected chi connectivity index (χ2v) is 8.34. The number of rotatable bonds is 5. The molecule has 2 amide bonds. The first-order chi connectivity index (χ1) is 12.4. The Hall–Kier alpha value is -2.42. The number of hydrogen-bond acceptors (Lipinski definition) is 5. The quantitative estimate of drug-likeness (QED) is 0.803. The van der Waals surface area contributed by atoms with E-state index < -0.39 is 15.7 Å². The van der Waals surface area contributed by atoms with Gasteiger partial charge >= 0.3 is 6.03 Å². The molecular formula is C17H20FN3O4S. The van der Waals surface area contributed by atoms with Gasteiger partial charge in [0.25, 0.3) is 0 Å². The predicted molar refractivity (Wildman–Crippen MR) is 91.8 cm³/mol. The fraction of sp³-hybridized carbons (Fsp3) is 0.412. The molecule has 2 heterocycles. The van der Waals surface area contributed by atoms with Crippen molar-refractivity contribution in [2.75, 3.05) is 18.8 Å². The van der Waals surface area contributed by atoms with Gasteiger partial charge in [0.05, 0.1) is 22.4 Å². The molecular weight excluding hydrogens is 361 g/mol. The van der Waals surface area contributed by atoms with Crippen LogP contribution in [-0.2, 0) is 9.84 Å². The molecule has 1 fully saturated rings. The van der Waals surface area contributed by atoms with Crippen LogP contribution in [0.4, 0.5) is 9.18 Å². The number of nitrogens with zero attached hydrogens (tertiary/aromatic N) is 2. The summed E-state index contributed by atoms with van der Waals surface area (Å²) in [6, 6.07) is 5.90. The Morgan fingerprint density at radius 2 is 2.12 bits per heavy atom. The Balaban J connectivity index is 1.57. The maximum atomic E-state index is 12.9. The highest BCUT2D eigenvalue weighted by molar-refractivity contribution is 7.91. The molecule has 0 radical (unpaired) electrons. The second kappa shape index (κ2) is 7.45. The van der Waals surface area contributed by atoms with Gasteiger partial charge in [0.15, 0.2) is 15.6 Å².